The summed E-state index contributed by atoms with van der Waals surface area (Å²) in [6.07, 6.45) is 2.24. The fourth-order valence-electron chi connectivity index (χ4n) is 1.74. The van der Waals surface area contributed by atoms with Crippen molar-refractivity contribution in [3.05, 3.63) is 0 Å². The molecule has 1 amide bonds. The van der Waals surface area contributed by atoms with E-state index in [1.165, 1.54) is 6.42 Å². The molecule has 0 unspecified atom stereocenters. The van der Waals surface area contributed by atoms with Crippen molar-refractivity contribution in [2.75, 3.05) is 6.54 Å². The summed E-state index contributed by atoms with van der Waals surface area (Å²) in [6.45, 7) is 7.31. The summed E-state index contributed by atoms with van der Waals surface area (Å²) in [5, 5.41) is 2.99. The predicted molar refractivity (Wildman–Crippen MR) is 49.7 cm³/mol. The van der Waals surface area contributed by atoms with Crippen molar-refractivity contribution in [2.24, 2.45) is 17.8 Å². The maximum Gasteiger partial charge on any atom is 0.223 e. The average Bonchev–Trinajstić information content (AvgIpc) is 2.14. The molecule has 1 fully saturated rings. The number of rotatable bonds is 1. The lowest BCUT2D eigenvalue weighted by Crippen LogP contribution is -2.32. The lowest BCUT2D eigenvalue weighted by atomic mass is 9.89. The second-order valence-electron chi connectivity index (χ2n) is 4.28. The molecular weight excluding hydrogens is 150 g/mol. The van der Waals surface area contributed by atoms with E-state index in [9.17, 15) is 4.79 Å². The molecule has 0 spiro atoms. The van der Waals surface area contributed by atoms with E-state index in [1.807, 2.05) is 0 Å². The Bertz CT molecular complexity index is 165. The molecule has 0 aliphatic carbocycles. The number of nitrogens with one attached hydrogen (secondary N) is 1. The van der Waals surface area contributed by atoms with E-state index in [0.29, 0.717) is 11.8 Å². The van der Waals surface area contributed by atoms with Crippen LogP contribution < -0.4 is 5.32 Å². The van der Waals surface area contributed by atoms with Gasteiger partial charge >= 0.3 is 0 Å². The number of hydrogen-bond acceptors (Lipinski definition) is 1. The van der Waals surface area contributed by atoms with Gasteiger partial charge in [0.2, 0.25) is 5.91 Å². The fraction of sp³-hybridized carbons (Fsp3) is 0.900. The molecule has 2 nitrogen and oxygen atoms in total. The largest absolute Gasteiger partial charge is 0.356 e. The number of hydrogen-bond donors (Lipinski definition) is 1. The lowest BCUT2D eigenvalue weighted by Gasteiger charge is -2.16. The first-order valence-corrected chi connectivity index (χ1v) is 4.89. The number of amides is 1. The number of carbonyl (C=O) groups excluding carboxylic acids is 1. The third kappa shape index (κ3) is 2.23. The lowest BCUT2D eigenvalue weighted by molar-refractivity contribution is -0.126. The molecule has 1 aliphatic heterocycles. The fourth-order valence-corrected chi connectivity index (χ4v) is 1.74. The monoisotopic (exact) mass is 169 g/mol. The van der Waals surface area contributed by atoms with Crippen molar-refractivity contribution in [2.45, 2.75) is 33.6 Å². The molecule has 12 heavy (non-hydrogen) atoms. The average molecular weight is 169 g/mol. The summed E-state index contributed by atoms with van der Waals surface area (Å²) in [7, 11) is 0. The van der Waals surface area contributed by atoms with Gasteiger partial charge in [0, 0.05) is 12.5 Å². The summed E-state index contributed by atoms with van der Waals surface area (Å²) >= 11 is 0. The normalized spacial score (nSPS) is 31.5. The first-order valence-electron chi connectivity index (χ1n) is 4.89. The Morgan fingerprint density at radius 3 is 2.67 bits per heavy atom. The van der Waals surface area contributed by atoms with Crippen molar-refractivity contribution in [3.63, 3.8) is 0 Å². The van der Waals surface area contributed by atoms with Gasteiger partial charge in [0.15, 0.2) is 0 Å². The summed E-state index contributed by atoms with van der Waals surface area (Å²) in [5.74, 6) is 1.64. The quantitative estimate of drug-likeness (QED) is 0.637. The number of carbonyl (C=O) groups is 1. The van der Waals surface area contributed by atoms with Crippen LogP contribution in [0.2, 0.25) is 0 Å². The van der Waals surface area contributed by atoms with Crippen LogP contribution in [-0.2, 0) is 4.79 Å². The van der Waals surface area contributed by atoms with Gasteiger partial charge in [0.25, 0.3) is 0 Å². The van der Waals surface area contributed by atoms with Crippen LogP contribution in [-0.4, -0.2) is 12.5 Å². The van der Waals surface area contributed by atoms with Crippen molar-refractivity contribution < 1.29 is 4.79 Å². The van der Waals surface area contributed by atoms with Gasteiger partial charge in [-0.05, 0) is 24.7 Å². The Labute approximate surface area is 74.7 Å². The SMILES string of the molecule is CC(C)[C@@H]1CC[C@@H](C)CNC1=O. The molecule has 0 aromatic rings. The van der Waals surface area contributed by atoms with Crippen LogP contribution in [0.4, 0.5) is 0 Å². The maximum absolute atomic E-state index is 11.5. The first-order chi connectivity index (χ1) is 5.61. The summed E-state index contributed by atoms with van der Waals surface area (Å²) < 4.78 is 0. The summed E-state index contributed by atoms with van der Waals surface area (Å²) in [4.78, 5) is 11.5. The van der Waals surface area contributed by atoms with Gasteiger partial charge < -0.3 is 5.32 Å². The van der Waals surface area contributed by atoms with Gasteiger partial charge in [-0.15, -0.1) is 0 Å². The van der Waals surface area contributed by atoms with E-state index in [2.05, 4.69) is 26.1 Å². The van der Waals surface area contributed by atoms with E-state index in [0.717, 1.165) is 13.0 Å². The molecule has 1 saturated heterocycles. The van der Waals surface area contributed by atoms with E-state index in [1.54, 1.807) is 0 Å². The maximum atomic E-state index is 11.5. The third-order valence-electron chi connectivity index (χ3n) is 2.74. The van der Waals surface area contributed by atoms with Crippen LogP contribution in [0.5, 0.6) is 0 Å². The van der Waals surface area contributed by atoms with Crippen LogP contribution in [0.15, 0.2) is 0 Å². The van der Waals surface area contributed by atoms with E-state index < -0.39 is 0 Å². The molecule has 1 N–H and O–H groups in total. The Morgan fingerprint density at radius 2 is 2.08 bits per heavy atom. The highest BCUT2D eigenvalue weighted by molar-refractivity contribution is 5.79. The Morgan fingerprint density at radius 1 is 1.42 bits per heavy atom. The van der Waals surface area contributed by atoms with E-state index >= 15 is 0 Å². The van der Waals surface area contributed by atoms with Gasteiger partial charge in [0.1, 0.15) is 0 Å². The molecule has 0 aromatic heterocycles. The van der Waals surface area contributed by atoms with Crippen LogP contribution in [0.25, 0.3) is 0 Å². The molecule has 1 rings (SSSR count). The molecule has 70 valence electrons. The zero-order chi connectivity index (χ0) is 9.14. The van der Waals surface area contributed by atoms with Crippen molar-refractivity contribution in [3.8, 4) is 0 Å². The molecule has 2 heteroatoms. The zero-order valence-electron chi connectivity index (χ0n) is 8.26. The topological polar surface area (TPSA) is 29.1 Å². The molecule has 1 heterocycles. The molecule has 2 atom stereocenters. The molecule has 0 saturated carbocycles. The minimum absolute atomic E-state index is 0.245. The van der Waals surface area contributed by atoms with Crippen molar-refractivity contribution in [1.82, 2.24) is 5.32 Å². The summed E-state index contributed by atoms with van der Waals surface area (Å²) in [5.41, 5.74) is 0. The van der Waals surface area contributed by atoms with Gasteiger partial charge in [-0.25, -0.2) is 0 Å². The highest BCUT2D eigenvalue weighted by atomic mass is 16.1. The van der Waals surface area contributed by atoms with Gasteiger partial charge in [-0.2, -0.15) is 0 Å². The van der Waals surface area contributed by atoms with E-state index in [4.69, 9.17) is 0 Å². The van der Waals surface area contributed by atoms with Crippen LogP contribution >= 0.6 is 0 Å². The minimum Gasteiger partial charge on any atom is -0.356 e. The van der Waals surface area contributed by atoms with Gasteiger partial charge in [-0.3, -0.25) is 4.79 Å². The summed E-state index contributed by atoms with van der Waals surface area (Å²) in [6, 6.07) is 0. The Kier molecular flexibility index (Phi) is 3.12. The van der Waals surface area contributed by atoms with Gasteiger partial charge in [-0.1, -0.05) is 20.8 Å². The Balaban J connectivity index is 2.56. The molecule has 0 bridgehead atoms. The second-order valence-corrected chi connectivity index (χ2v) is 4.28. The van der Waals surface area contributed by atoms with Gasteiger partial charge in [0.05, 0.1) is 0 Å². The highest BCUT2D eigenvalue weighted by Crippen LogP contribution is 2.22. The predicted octanol–water partition coefficient (Wildman–Crippen LogP) is 1.80. The highest BCUT2D eigenvalue weighted by Gasteiger charge is 2.25. The first kappa shape index (κ1) is 9.56. The van der Waals surface area contributed by atoms with Crippen molar-refractivity contribution in [1.29, 1.82) is 0 Å². The zero-order valence-corrected chi connectivity index (χ0v) is 8.26. The Hall–Kier alpha value is -0.530. The molecule has 0 radical (unpaired) electrons. The smallest absolute Gasteiger partial charge is 0.223 e. The second kappa shape index (κ2) is 3.92. The molecule has 0 aromatic carbocycles. The third-order valence-corrected chi connectivity index (χ3v) is 2.74. The van der Waals surface area contributed by atoms with Crippen molar-refractivity contribution >= 4 is 5.91 Å². The van der Waals surface area contributed by atoms with Crippen LogP contribution in [0, 0.1) is 17.8 Å². The standard InChI is InChI=1S/C10H19NO/c1-7(2)9-5-4-8(3)6-11-10(9)12/h7-9H,4-6H2,1-3H3,(H,11,12)/t8-,9+/m1/s1. The van der Waals surface area contributed by atoms with Crippen LogP contribution in [0.3, 0.4) is 0 Å². The minimum atomic E-state index is 0.245. The van der Waals surface area contributed by atoms with E-state index in [-0.39, 0.29) is 11.8 Å². The molecular formula is C10H19NO. The molecule has 1 aliphatic rings. The van der Waals surface area contributed by atoms with Crippen LogP contribution in [0.1, 0.15) is 33.6 Å².